The number of guanidine groups is 1. The number of aliphatic hydroxyl groups excluding tert-OH is 1. The summed E-state index contributed by atoms with van der Waals surface area (Å²) in [7, 11) is 0. The van der Waals surface area contributed by atoms with E-state index in [-0.39, 0.29) is 30.6 Å². The van der Waals surface area contributed by atoms with Crippen LogP contribution in [0.25, 0.3) is 0 Å². The molecule has 0 saturated carbocycles. The van der Waals surface area contributed by atoms with Gasteiger partial charge in [0.15, 0.2) is 5.96 Å². The third-order valence-corrected chi connectivity index (χ3v) is 5.30. The number of aliphatic hydroxyl groups is 1. The number of ether oxygens (including phenoxy) is 2. The highest BCUT2D eigenvalue weighted by atomic mass is 127. The summed E-state index contributed by atoms with van der Waals surface area (Å²) < 4.78 is 11.2. The number of hydrogen-bond acceptors (Lipinski definition) is 5. The van der Waals surface area contributed by atoms with Crippen molar-refractivity contribution in [1.82, 2.24) is 15.5 Å². The smallest absolute Gasteiger partial charge is 0.191 e. The van der Waals surface area contributed by atoms with Gasteiger partial charge in [-0.15, -0.1) is 24.0 Å². The number of aryl methyl sites for hydroxylation is 1. The number of halogens is 1. The fraction of sp³-hybridized carbons (Fsp3) is 0.480. The third-order valence-electron chi connectivity index (χ3n) is 5.30. The zero-order chi connectivity index (χ0) is 22.6. The van der Waals surface area contributed by atoms with Gasteiger partial charge in [-0.2, -0.15) is 0 Å². The van der Waals surface area contributed by atoms with Crippen LogP contribution >= 0.6 is 24.0 Å². The molecule has 0 spiro atoms. The molecular weight excluding hydrogens is 531 g/mol. The highest BCUT2D eigenvalue weighted by molar-refractivity contribution is 14.0. The molecule has 8 heteroatoms. The largest absolute Gasteiger partial charge is 0.491 e. The molecule has 2 aromatic rings. The number of benzene rings is 2. The van der Waals surface area contributed by atoms with Gasteiger partial charge < -0.3 is 25.2 Å². The Morgan fingerprint density at radius 2 is 1.88 bits per heavy atom. The van der Waals surface area contributed by atoms with Crippen LogP contribution in [-0.2, 0) is 17.8 Å². The monoisotopic (exact) mass is 568 g/mol. The van der Waals surface area contributed by atoms with Gasteiger partial charge in [-0.3, -0.25) is 4.90 Å². The van der Waals surface area contributed by atoms with E-state index in [1.54, 1.807) is 0 Å². The molecule has 1 unspecified atom stereocenters. The Balaban J connectivity index is 0.00000385. The van der Waals surface area contributed by atoms with E-state index >= 15 is 0 Å². The first-order valence-corrected chi connectivity index (χ1v) is 11.4. The van der Waals surface area contributed by atoms with Crippen molar-refractivity contribution in [1.29, 1.82) is 0 Å². The van der Waals surface area contributed by atoms with Crippen molar-refractivity contribution in [3.05, 3.63) is 65.2 Å². The summed E-state index contributed by atoms with van der Waals surface area (Å²) in [5, 5.41) is 16.8. The van der Waals surface area contributed by atoms with Crippen molar-refractivity contribution in [2.75, 3.05) is 46.0 Å². The summed E-state index contributed by atoms with van der Waals surface area (Å²) in [4.78, 5) is 7.16. The van der Waals surface area contributed by atoms with Crippen LogP contribution in [0, 0.1) is 6.92 Å². The average molecular weight is 569 g/mol. The molecule has 3 N–H and O–H groups in total. The molecule has 1 saturated heterocycles. The molecule has 1 fully saturated rings. The summed E-state index contributed by atoms with van der Waals surface area (Å²) in [5.74, 6) is 1.45. The van der Waals surface area contributed by atoms with Gasteiger partial charge in [-0.1, -0.05) is 36.4 Å². The number of nitrogens with one attached hydrogen (secondary N) is 2. The Kier molecular flexibility index (Phi) is 12.5. The normalized spacial score (nSPS) is 15.4. The number of morpholine rings is 1. The SMILES string of the molecule is CCNC(=NCc1ccccc1CN1CCOCC1)NCC(O)COc1cccc(C)c1.I. The van der Waals surface area contributed by atoms with Crippen LogP contribution < -0.4 is 15.4 Å². The van der Waals surface area contributed by atoms with Gasteiger partial charge in [-0.25, -0.2) is 4.99 Å². The molecule has 3 rings (SSSR count). The Bertz CT molecular complexity index is 859. The summed E-state index contributed by atoms with van der Waals surface area (Å²) in [6.07, 6.45) is -0.645. The summed E-state index contributed by atoms with van der Waals surface area (Å²) >= 11 is 0. The van der Waals surface area contributed by atoms with Crippen LogP contribution in [0.5, 0.6) is 5.75 Å². The van der Waals surface area contributed by atoms with E-state index in [0.29, 0.717) is 19.0 Å². The third kappa shape index (κ3) is 9.87. The van der Waals surface area contributed by atoms with E-state index < -0.39 is 6.10 Å². The van der Waals surface area contributed by atoms with Crippen LogP contribution in [0.15, 0.2) is 53.5 Å². The standard InChI is InChI=1S/C25H36N4O3.HI/c1-3-26-25(28-17-23(30)19-32-24-10-6-7-20(2)15-24)27-16-21-8-4-5-9-22(21)18-29-11-13-31-14-12-29;/h4-10,15,23,30H,3,11-14,16-19H2,1-2H3,(H2,26,27,28);1H. The minimum absolute atomic E-state index is 0. The maximum Gasteiger partial charge on any atom is 0.191 e. The van der Waals surface area contributed by atoms with Gasteiger partial charge in [0, 0.05) is 32.7 Å². The van der Waals surface area contributed by atoms with Crippen LogP contribution in [0.2, 0.25) is 0 Å². The van der Waals surface area contributed by atoms with Crippen LogP contribution in [0.4, 0.5) is 0 Å². The molecule has 0 radical (unpaired) electrons. The van der Waals surface area contributed by atoms with E-state index in [2.05, 4.69) is 39.8 Å². The Hall–Kier alpha value is -1.88. The van der Waals surface area contributed by atoms with Gasteiger partial charge in [0.05, 0.1) is 19.8 Å². The van der Waals surface area contributed by atoms with Crippen LogP contribution in [0.3, 0.4) is 0 Å². The molecule has 1 aliphatic heterocycles. The highest BCUT2D eigenvalue weighted by Crippen LogP contribution is 2.14. The van der Waals surface area contributed by atoms with Gasteiger partial charge >= 0.3 is 0 Å². The molecule has 0 aliphatic carbocycles. The topological polar surface area (TPSA) is 78.4 Å². The van der Waals surface area contributed by atoms with Crippen molar-refractivity contribution in [2.45, 2.75) is 33.0 Å². The van der Waals surface area contributed by atoms with Crippen molar-refractivity contribution < 1.29 is 14.6 Å². The lowest BCUT2D eigenvalue weighted by Gasteiger charge is -2.27. The first kappa shape index (κ1) is 27.4. The van der Waals surface area contributed by atoms with Gasteiger partial charge in [-0.05, 0) is 42.7 Å². The minimum Gasteiger partial charge on any atom is -0.491 e. The van der Waals surface area contributed by atoms with Gasteiger partial charge in [0.25, 0.3) is 0 Å². The van der Waals surface area contributed by atoms with Gasteiger partial charge in [0.1, 0.15) is 18.5 Å². The maximum atomic E-state index is 10.3. The molecule has 7 nitrogen and oxygen atoms in total. The maximum absolute atomic E-state index is 10.3. The van der Waals surface area contributed by atoms with Crippen LogP contribution in [0.1, 0.15) is 23.6 Å². The highest BCUT2D eigenvalue weighted by Gasteiger charge is 2.13. The molecular formula is C25H37IN4O3. The Labute approximate surface area is 214 Å². The Morgan fingerprint density at radius 3 is 2.61 bits per heavy atom. The van der Waals surface area contributed by atoms with Crippen LogP contribution in [-0.4, -0.2) is 68.1 Å². The fourth-order valence-corrected chi connectivity index (χ4v) is 3.54. The lowest BCUT2D eigenvalue weighted by molar-refractivity contribution is 0.0341. The predicted octanol–water partition coefficient (Wildman–Crippen LogP) is 2.94. The molecule has 1 heterocycles. The molecule has 182 valence electrons. The summed E-state index contributed by atoms with van der Waals surface area (Å²) in [6, 6.07) is 16.3. The zero-order valence-corrected chi connectivity index (χ0v) is 22.0. The first-order valence-electron chi connectivity index (χ1n) is 11.4. The van der Waals surface area contributed by atoms with Gasteiger partial charge in [0.2, 0.25) is 0 Å². The fourth-order valence-electron chi connectivity index (χ4n) is 3.54. The molecule has 0 aromatic heterocycles. The molecule has 33 heavy (non-hydrogen) atoms. The van der Waals surface area contributed by atoms with Crippen molar-refractivity contribution in [3.63, 3.8) is 0 Å². The number of nitrogens with zero attached hydrogens (tertiary/aromatic N) is 2. The molecule has 1 aliphatic rings. The quantitative estimate of drug-likeness (QED) is 0.233. The molecule has 0 amide bonds. The second-order valence-electron chi connectivity index (χ2n) is 8.01. The van der Waals surface area contributed by atoms with E-state index in [1.165, 1.54) is 11.1 Å². The van der Waals surface area contributed by atoms with E-state index in [4.69, 9.17) is 14.5 Å². The minimum atomic E-state index is -0.645. The Morgan fingerprint density at radius 1 is 1.12 bits per heavy atom. The van der Waals surface area contributed by atoms with E-state index in [9.17, 15) is 5.11 Å². The first-order chi connectivity index (χ1) is 15.6. The second-order valence-corrected chi connectivity index (χ2v) is 8.01. The number of hydrogen-bond donors (Lipinski definition) is 3. The molecule has 2 aromatic carbocycles. The van der Waals surface area contributed by atoms with E-state index in [1.807, 2.05) is 38.1 Å². The number of aliphatic imine (C=N–C) groups is 1. The zero-order valence-electron chi connectivity index (χ0n) is 19.6. The molecule has 0 bridgehead atoms. The van der Waals surface area contributed by atoms with Crippen molar-refractivity contribution in [3.8, 4) is 5.75 Å². The summed E-state index contributed by atoms with van der Waals surface area (Å²) in [6.45, 7) is 10.4. The lowest BCUT2D eigenvalue weighted by Crippen LogP contribution is -2.42. The second kappa shape index (κ2) is 15.1. The van der Waals surface area contributed by atoms with Crippen molar-refractivity contribution in [2.24, 2.45) is 4.99 Å². The van der Waals surface area contributed by atoms with E-state index in [0.717, 1.165) is 50.7 Å². The number of rotatable bonds is 10. The lowest BCUT2D eigenvalue weighted by atomic mass is 10.1. The molecule has 1 atom stereocenters. The predicted molar refractivity (Wildman–Crippen MR) is 143 cm³/mol. The average Bonchev–Trinajstić information content (AvgIpc) is 2.81. The van der Waals surface area contributed by atoms with Crippen molar-refractivity contribution >= 4 is 29.9 Å². The summed E-state index contributed by atoms with van der Waals surface area (Å²) in [5.41, 5.74) is 3.63.